The highest BCUT2D eigenvalue weighted by Gasteiger charge is 2.25. The van der Waals surface area contributed by atoms with Gasteiger partial charge in [-0.05, 0) is 43.7 Å². The van der Waals surface area contributed by atoms with E-state index in [0.29, 0.717) is 32.9 Å². The van der Waals surface area contributed by atoms with E-state index >= 15 is 0 Å². The maximum atomic E-state index is 12.5. The van der Waals surface area contributed by atoms with E-state index in [2.05, 4.69) is 5.32 Å². The fourth-order valence-electron chi connectivity index (χ4n) is 3.21. The van der Waals surface area contributed by atoms with Crippen LogP contribution in [0.25, 0.3) is 0 Å². The van der Waals surface area contributed by atoms with Gasteiger partial charge in [0.1, 0.15) is 12.4 Å². The molecular formula is C22H28N2O4. The number of nitrogens with zero attached hydrogens (tertiary/aromatic N) is 1. The topological polar surface area (TPSA) is 60.0 Å². The van der Waals surface area contributed by atoms with E-state index in [-0.39, 0.29) is 18.2 Å². The average molecular weight is 384 g/mol. The van der Waals surface area contributed by atoms with Crippen molar-refractivity contribution in [3.8, 4) is 5.75 Å². The van der Waals surface area contributed by atoms with Gasteiger partial charge < -0.3 is 24.4 Å². The first kappa shape index (κ1) is 20.2. The quantitative estimate of drug-likeness (QED) is 0.735. The molecule has 2 aromatic carbocycles. The number of carbonyl (C=O) groups excluding carboxylic acids is 1. The molecule has 6 heteroatoms. The van der Waals surface area contributed by atoms with Crippen LogP contribution < -0.4 is 10.1 Å². The van der Waals surface area contributed by atoms with Crippen LogP contribution in [-0.4, -0.2) is 49.4 Å². The number of nitrogens with one attached hydrogen (secondary N) is 1. The van der Waals surface area contributed by atoms with Crippen molar-refractivity contribution in [3.05, 3.63) is 60.2 Å². The second kappa shape index (κ2) is 10.1. The van der Waals surface area contributed by atoms with Gasteiger partial charge in [0.15, 0.2) is 0 Å². The predicted molar refractivity (Wildman–Crippen MR) is 109 cm³/mol. The van der Waals surface area contributed by atoms with Crippen LogP contribution in [0.5, 0.6) is 5.75 Å². The van der Waals surface area contributed by atoms with Gasteiger partial charge in [0.2, 0.25) is 0 Å². The highest BCUT2D eigenvalue weighted by Crippen LogP contribution is 2.15. The third-order valence-corrected chi connectivity index (χ3v) is 4.39. The van der Waals surface area contributed by atoms with Crippen molar-refractivity contribution in [2.45, 2.75) is 32.7 Å². The van der Waals surface area contributed by atoms with Gasteiger partial charge in [0.05, 0.1) is 25.4 Å². The lowest BCUT2D eigenvalue weighted by molar-refractivity contribution is -0.0530. The van der Waals surface area contributed by atoms with E-state index < -0.39 is 0 Å². The number of carbonyl (C=O) groups is 1. The van der Waals surface area contributed by atoms with Gasteiger partial charge in [-0.25, -0.2) is 4.79 Å². The molecule has 0 aromatic heterocycles. The minimum atomic E-state index is -0.101. The van der Waals surface area contributed by atoms with Crippen molar-refractivity contribution in [2.75, 3.05) is 31.6 Å². The van der Waals surface area contributed by atoms with Gasteiger partial charge in [-0.15, -0.1) is 0 Å². The largest absolute Gasteiger partial charge is 0.491 e. The normalized spacial score (nSPS) is 19.3. The van der Waals surface area contributed by atoms with Gasteiger partial charge in [-0.3, -0.25) is 0 Å². The Kier molecular flexibility index (Phi) is 7.28. The highest BCUT2D eigenvalue weighted by molar-refractivity contribution is 5.89. The third-order valence-electron chi connectivity index (χ3n) is 4.39. The maximum absolute atomic E-state index is 12.5. The summed E-state index contributed by atoms with van der Waals surface area (Å²) in [7, 11) is 0. The van der Waals surface area contributed by atoms with E-state index in [9.17, 15) is 4.79 Å². The number of hydrogen-bond acceptors (Lipinski definition) is 4. The van der Waals surface area contributed by atoms with Crippen LogP contribution in [0.1, 0.15) is 19.4 Å². The summed E-state index contributed by atoms with van der Waals surface area (Å²) in [6.45, 7) is 6.61. The van der Waals surface area contributed by atoms with E-state index in [1.807, 2.05) is 68.4 Å². The molecule has 28 heavy (non-hydrogen) atoms. The standard InChI is InChI=1S/C22H28N2O4/c1-17-14-24(15-18(2)28-17)22(25)23-20-8-6-7-19(13-20)16-26-11-12-27-21-9-4-3-5-10-21/h3-10,13,17-18H,11-12,14-16H2,1-2H3,(H,23,25). The first-order chi connectivity index (χ1) is 13.6. The van der Waals surface area contributed by atoms with Crippen LogP contribution >= 0.6 is 0 Å². The molecule has 0 saturated carbocycles. The fourth-order valence-corrected chi connectivity index (χ4v) is 3.21. The first-order valence-corrected chi connectivity index (χ1v) is 9.66. The van der Waals surface area contributed by atoms with Crippen LogP contribution in [0, 0.1) is 0 Å². The van der Waals surface area contributed by atoms with Gasteiger partial charge in [0, 0.05) is 18.8 Å². The SMILES string of the molecule is CC1CN(C(=O)Nc2cccc(COCCOc3ccccc3)c2)CC(C)O1. The van der Waals surface area contributed by atoms with E-state index in [1.54, 1.807) is 4.90 Å². The Morgan fingerprint density at radius 2 is 1.82 bits per heavy atom. The molecule has 2 aromatic rings. The molecule has 2 unspecified atom stereocenters. The van der Waals surface area contributed by atoms with Crippen molar-refractivity contribution in [2.24, 2.45) is 0 Å². The molecule has 0 spiro atoms. The third kappa shape index (κ3) is 6.25. The molecular weight excluding hydrogens is 356 g/mol. The summed E-state index contributed by atoms with van der Waals surface area (Å²) < 4.78 is 17.0. The smallest absolute Gasteiger partial charge is 0.322 e. The van der Waals surface area contributed by atoms with Crippen LogP contribution in [0.15, 0.2) is 54.6 Å². The predicted octanol–water partition coefficient (Wildman–Crippen LogP) is 3.92. The summed E-state index contributed by atoms with van der Waals surface area (Å²) in [5.41, 5.74) is 1.76. The number of rotatable bonds is 7. The molecule has 2 atom stereocenters. The van der Waals surface area contributed by atoms with Crippen molar-refractivity contribution < 1.29 is 19.0 Å². The minimum Gasteiger partial charge on any atom is -0.491 e. The monoisotopic (exact) mass is 384 g/mol. The fraction of sp³-hybridized carbons (Fsp3) is 0.409. The molecule has 2 amide bonds. The number of ether oxygens (including phenoxy) is 3. The molecule has 0 radical (unpaired) electrons. The molecule has 1 fully saturated rings. The van der Waals surface area contributed by atoms with Gasteiger partial charge >= 0.3 is 6.03 Å². The summed E-state index contributed by atoms with van der Waals surface area (Å²) in [4.78, 5) is 14.3. The van der Waals surface area contributed by atoms with Crippen LogP contribution in [-0.2, 0) is 16.1 Å². The molecule has 0 aliphatic carbocycles. The maximum Gasteiger partial charge on any atom is 0.322 e. The van der Waals surface area contributed by atoms with Crippen molar-refractivity contribution in [3.63, 3.8) is 0 Å². The lowest BCUT2D eigenvalue weighted by Crippen LogP contribution is -2.49. The molecule has 1 N–H and O–H groups in total. The van der Waals surface area contributed by atoms with Crippen molar-refractivity contribution >= 4 is 11.7 Å². The second-order valence-electron chi connectivity index (χ2n) is 7.01. The van der Waals surface area contributed by atoms with Crippen LogP contribution in [0.3, 0.4) is 0 Å². The van der Waals surface area contributed by atoms with E-state index in [4.69, 9.17) is 14.2 Å². The minimum absolute atomic E-state index is 0.0485. The molecule has 6 nitrogen and oxygen atoms in total. The zero-order chi connectivity index (χ0) is 19.8. The Bertz CT molecular complexity index is 743. The molecule has 1 heterocycles. The molecule has 1 aliphatic heterocycles. The Morgan fingerprint density at radius 3 is 2.57 bits per heavy atom. The Labute approximate surface area is 166 Å². The zero-order valence-electron chi connectivity index (χ0n) is 16.5. The highest BCUT2D eigenvalue weighted by atomic mass is 16.5. The number of urea groups is 1. The van der Waals surface area contributed by atoms with E-state index in [0.717, 1.165) is 17.0 Å². The Morgan fingerprint density at radius 1 is 1.07 bits per heavy atom. The van der Waals surface area contributed by atoms with Crippen molar-refractivity contribution in [1.82, 2.24) is 4.90 Å². The van der Waals surface area contributed by atoms with Crippen LogP contribution in [0.2, 0.25) is 0 Å². The summed E-state index contributed by atoms with van der Waals surface area (Å²) in [6.07, 6.45) is 0.0969. The lowest BCUT2D eigenvalue weighted by Gasteiger charge is -2.35. The molecule has 150 valence electrons. The van der Waals surface area contributed by atoms with Crippen molar-refractivity contribution in [1.29, 1.82) is 0 Å². The molecule has 1 saturated heterocycles. The lowest BCUT2D eigenvalue weighted by atomic mass is 10.2. The summed E-state index contributed by atoms with van der Waals surface area (Å²) >= 11 is 0. The number of hydrogen-bond donors (Lipinski definition) is 1. The Balaban J connectivity index is 1.42. The first-order valence-electron chi connectivity index (χ1n) is 9.66. The molecule has 0 bridgehead atoms. The molecule has 3 rings (SSSR count). The summed E-state index contributed by atoms with van der Waals surface area (Å²) in [6, 6.07) is 17.3. The number of morpholine rings is 1. The van der Waals surface area contributed by atoms with Gasteiger partial charge in [0.25, 0.3) is 0 Å². The Hall–Kier alpha value is -2.57. The number of para-hydroxylation sites is 1. The zero-order valence-corrected chi connectivity index (χ0v) is 16.5. The van der Waals surface area contributed by atoms with Gasteiger partial charge in [-0.1, -0.05) is 30.3 Å². The van der Waals surface area contributed by atoms with Crippen LogP contribution in [0.4, 0.5) is 10.5 Å². The molecule has 1 aliphatic rings. The average Bonchev–Trinajstić information content (AvgIpc) is 2.68. The number of anilines is 1. The summed E-state index contributed by atoms with van der Waals surface area (Å²) in [5.74, 6) is 0.836. The van der Waals surface area contributed by atoms with Gasteiger partial charge in [-0.2, -0.15) is 0 Å². The summed E-state index contributed by atoms with van der Waals surface area (Å²) in [5, 5.41) is 2.97. The second-order valence-corrected chi connectivity index (χ2v) is 7.01. The van der Waals surface area contributed by atoms with E-state index in [1.165, 1.54) is 0 Å². The number of benzene rings is 2. The number of amides is 2.